The Morgan fingerprint density at radius 1 is 1.22 bits per heavy atom. The molecule has 1 saturated heterocycles. The van der Waals surface area contributed by atoms with Crippen LogP contribution in [0.5, 0.6) is 0 Å². The second kappa shape index (κ2) is 6.25. The number of hydrogen-bond donors (Lipinski definition) is 1. The standard InChI is InChI=1S/C14H20F2N2/c1-17-9-14-4-2-3-5-18(14)10-11-6-12(15)8-13(16)7-11/h6-8,14,17H,2-5,9-10H2,1H3. The average Bonchev–Trinajstić information content (AvgIpc) is 2.30. The minimum Gasteiger partial charge on any atom is -0.318 e. The van der Waals surface area contributed by atoms with Crippen molar-refractivity contribution in [3.05, 3.63) is 35.4 Å². The van der Waals surface area contributed by atoms with Gasteiger partial charge >= 0.3 is 0 Å². The van der Waals surface area contributed by atoms with Crippen molar-refractivity contribution in [2.75, 3.05) is 20.1 Å². The van der Waals surface area contributed by atoms with Gasteiger partial charge in [-0.3, -0.25) is 4.90 Å². The largest absolute Gasteiger partial charge is 0.318 e. The molecule has 1 unspecified atom stereocenters. The van der Waals surface area contributed by atoms with Crippen molar-refractivity contribution < 1.29 is 8.78 Å². The molecule has 1 aliphatic heterocycles. The third-order valence-corrected chi connectivity index (χ3v) is 3.50. The average molecular weight is 254 g/mol. The highest BCUT2D eigenvalue weighted by atomic mass is 19.1. The molecule has 1 atom stereocenters. The highest BCUT2D eigenvalue weighted by molar-refractivity contribution is 5.18. The Balaban J connectivity index is 2.05. The van der Waals surface area contributed by atoms with Crippen molar-refractivity contribution in [1.82, 2.24) is 10.2 Å². The summed E-state index contributed by atoms with van der Waals surface area (Å²) >= 11 is 0. The van der Waals surface area contributed by atoms with Crippen LogP contribution in [0.3, 0.4) is 0 Å². The first kappa shape index (κ1) is 13.4. The van der Waals surface area contributed by atoms with E-state index in [2.05, 4.69) is 10.2 Å². The summed E-state index contributed by atoms with van der Waals surface area (Å²) in [5, 5.41) is 3.19. The van der Waals surface area contributed by atoms with E-state index < -0.39 is 11.6 Å². The topological polar surface area (TPSA) is 15.3 Å². The maximum Gasteiger partial charge on any atom is 0.126 e. The second-order valence-electron chi connectivity index (χ2n) is 4.96. The van der Waals surface area contributed by atoms with Crippen LogP contribution >= 0.6 is 0 Å². The molecule has 2 nitrogen and oxygen atoms in total. The fourth-order valence-corrected chi connectivity index (χ4v) is 2.67. The molecule has 0 saturated carbocycles. The van der Waals surface area contributed by atoms with Crippen molar-refractivity contribution in [2.45, 2.75) is 31.8 Å². The summed E-state index contributed by atoms with van der Waals surface area (Å²) in [6.45, 7) is 2.56. The molecule has 0 aromatic heterocycles. The van der Waals surface area contributed by atoms with Crippen LogP contribution in [0.2, 0.25) is 0 Å². The Morgan fingerprint density at radius 2 is 1.94 bits per heavy atom. The van der Waals surface area contributed by atoms with Crippen LogP contribution in [-0.4, -0.2) is 31.1 Å². The third-order valence-electron chi connectivity index (χ3n) is 3.50. The lowest BCUT2D eigenvalue weighted by Gasteiger charge is -2.35. The number of nitrogens with one attached hydrogen (secondary N) is 1. The zero-order chi connectivity index (χ0) is 13.0. The van der Waals surface area contributed by atoms with Crippen LogP contribution in [0, 0.1) is 11.6 Å². The highest BCUT2D eigenvalue weighted by Crippen LogP contribution is 2.20. The molecule has 1 fully saturated rings. The van der Waals surface area contributed by atoms with Crippen molar-refractivity contribution >= 4 is 0 Å². The van der Waals surface area contributed by atoms with Crippen molar-refractivity contribution in [1.29, 1.82) is 0 Å². The lowest BCUT2D eigenvalue weighted by Crippen LogP contribution is -2.44. The summed E-state index contributed by atoms with van der Waals surface area (Å²) in [4.78, 5) is 2.31. The smallest absolute Gasteiger partial charge is 0.126 e. The van der Waals surface area contributed by atoms with E-state index in [0.29, 0.717) is 12.6 Å². The Hall–Kier alpha value is -1.00. The molecule has 0 radical (unpaired) electrons. The van der Waals surface area contributed by atoms with Gasteiger partial charge in [0.1, 0.15) is 11.6 Å². The molecule has 2 rings (SSSR count). The fourth-order valence-electron chi connectivity index (χ4n) is 2.67. The van der Waals surface area contributed by atoms with Crippen molar-refractivity contribution in [3.63, 3.8) is 0 Å². The molecule has 4 heteroatoms. The minimum absolute atomic E-state index is 0.468. The van der Waals surface area contributed by atoms with Crippen LogP contribution in [0.25, 0.3) is 0 Å². The van der Waals surface area contributed by atoms with Gasteiger partial charge in [-0.2, -0.15) is 0 Å². The monoisotopic (exact) mass is 254 g/mol. The van der Waals surface area contributed by atoms with Gasteiger partial charge in [0.15, 0.2) is 0 Å². The molecule has 0 amide bonds. The van der Waals surface area contributed by atoms with E-state index >= 15 is 0 Å². The van der Waals surface area contributed by atoms with Crippen LogP contribution in [0.4, 0.5) is 8.78 Å². The molecule has 100 valence electrons. The SMILES string of the molecule is CNCC1CCCCN1Cc1cc(F)cc(F)c1. The normalized spacial score (nSPS) is 21.2. The fraction of sp³-hybridized carbons (Fsp3) is 0.571. The third kappa shape index (κ3) is 3.50. The van der Waals surface area contributed by atoms with Crippen LogP contribution in [0.15, 0.2) is 18.2 Å². The summed E-state index contributed by atoms with van der Waals surface area (Å²) in [7, 11) is 1.94. The van der Waals surface area contributed by atoms with Gasteiger partial charge in [0, 0.05) is 25.2 Å². The Bertz CT molecular complexity index is 373. The number of likely N-dealkylation sites (N-methyl/N-ethyl adjacent to an activating group) is 1. The van der Waals surface area contributed by atoms with Gasteiger partial charge in [-0.05, 0) is 44.1 Å². The molecule has 0 bridgehead atoms. The number of rotatable bonds is 4. The van der Waals surface area contributed by atoms with Crippen LogP contribution < -0.4 is 5.32 Å². The predicted molar refractivity (Wildman–Crippen MR) is 68.3 cm³/mol. The second-order valence-corrected chi connectivity index (χ2v) is 4.96. The van der Waals surface area contributed by atoms with Gasteiger partial charge in [0.25, 0.3) is 0 Å². The van der Waals surface area contributed by atoms with Gasteiger partial charge in [0.05, 0.1) is 0 Å². The van der Waals surface area contributed by atoms with Crippen molar-refractivity contribution in [2.24, 2.45) is 0 Å². The zero-order valence-corrected chi connectivity index (χ0v) is 10.8. The molecule has 1 aliphatic rings. The van der Waals surface area contributed by atoms with Gasteiger partial charge in [-0.25, -0.2) is 8.78 Å². The lowest BCUT2D eigenvalue weighted by molar-refractivity contribution is 0.139. The first-order valence-corrected chi connectivity index (χ1v) is 6.52. The summed E-state index contributed by atoms with van der Waals surface area (Å²) in [5.74, 6) is -0.987. The Labute approximate surface area is 107 Å². The van der Waals surface area contributed by atoms with E-state index in [4.69, 9.17) is 0 Å². The van der Waals surface area contributed by atoms with E-state index in [0.717, 1.165) is 37.6 Å². The van der Waals surface area contributed by atoms with Crippen LogP contribution in [0.1, 0.15) is 24.8 Å². The molecular formula is C14H20F2N2. The Morgan fingerprint density at radius 3 is 2.61 bits per heavy atom. The number of nitrogens with zero attached hydrogens (tertiary/aromatic N) is 1. The maximum absolute atomic E-state index is 13.2. The lowest BCUT2D eigenvalue weighted by atomic mass is 10.0. The minimum atomic E-state index is -0.493. The zero-order valence-electron chi connectivity index (χ0n) is 10.8. The van der Waals surface area contributed by atoms with Gasteiger partial charge in [-0.1, -0.05) is 6.42 Å². The number of halogens is 2. The van der Waals surface area contributed by atoms with Gasteiger partial charge < -0.3 is 5.32 Å². The Kier molecular flexibility index (Phi) is 4.66. The molecule has 1 heterocycles. The molecule has 1 N–H and O–H groups in total. The molecule has 1 aromatic carbocycles. The van der Waals surface area contributed by atoms with Gasteiger partial charge in [0.2, 0.25) is 0 Å². The van der Waals surface area contributed by atoms with E-state index in [1.54, 1.807) is 0 Å². The van der Waals surface area contributed by atoms with E-state index in [1.807, 2.05) is 7.05 Å². The molecule has 0 spiro atoms. The van der Waals surface area contributed by atoms with Gasteiger partial charge in [-0.15, -0.1) is 0 Å². The van der Waals surface area contributed by atoms with Crippen LogP contribution in [-0.2, 0) is 6.54 Å². The maximum atomic E-state index is 13.2. The summed E-state index contributed by atoms with van der Waals surface area (Å²) in [5.41, 5.74) is 0.718. The van der Waals surface area contributed by atoms with E-state index in [9.17, 15) is 8.78 Å². The highest BCUT2D eigenvalue weighted by Gasteiger charge is 2.21. The van der Waals surface area contributed by atoms with E-state index in [-0.39, 0.29) is 0 Å². The predicted octanol–water partition coefficient (Wildman–Crippen LogP) is 2.54. The summed E-state index contributed by atoms with van der Waals surface area (Å²) < 4.78 is 26.3. The molecule has 18 heavy (non-hydrogen) atoms. The number of likely N-dealkylation sites (tertiary alicyclic amines) is 1. The number of piperidine rings is 1. The first-order chi connectivity index (χ1) is 8.69. The molecule has 0 aliphatic carbocycles. The molecular weight excluding hydrogens is 234 g/mol. The summed E-state index contributed by atoms with van der Waals surface area (Å²) in [6, 6.07) is 4.24. The van der Waals surface area contributed by atoms with E-state index in [1.165, 1.54) is 18.6 Å². The summed E-state index contributed by atoms with van der Waals surface area (Å²) in [6.07, 6.45) is 3.55. The van der Waals surface area contributed by atoms with Crippen molar-refractivity contribution in [3.8, 4) is 0 Å². The number of benzene rings is 1. The number of hydrogen-bond acceptors (Lipinski definition) is 2. The first-order valence-electron chi connectivity index (χ1n) is 6.52. The molecule has 1 aromatic rings. The quantitative estimate of drug-likeness (QED) is 0.888.